The van der Waals surface area contributed by atoms with Crippen molar-refractivity contribution in [2.45, 2.75) is 37.8 Å². The summed E-state index contributed by atoms with van der Waals surface area (Å²) in [5.74, 6) is -0.934. The molecule has 6 rings (SSSR count). The molecule has 2 amide bonds. The Kier molecular flexibility index (Phi) is 9.39. The molecule has 232 valence electrons. The summed E-state index contributed by atoms with van der Waals surface area (Å²) in [6.45, 7) is 1.47. The lowest BCUT2D eigenvalue weighted by Gasteiger charge is -2.24. The molecule has 0 aromatic heterocycles. The summed E-state index contributed by atoms with van der Waals surface area (Å²) >= 11 is 0. The second-order valence-electron chi connectivity index (χ2n) is 11.6. The molecule has 0 aliphatic heterocycles. The van der Waals surface area contributed by atoms with Crippen LogP contribution < -0.4 is 10.6 Å². The topological polar surface area (TPSA) is 93.7 Å². The summed E-state index contributed by atoms with van der Waals surface area (Å²) in [4.78, 5) is 38.8. The van der Waals surface area contributed by atoms with Gasteiger partial charge in [0.05, 0.1) is 6.04 Å². The zero-order valence-electron chi connectivity index (χ0n) is 25.6. The van der Waals surface area contributed by atoms with Gasteiger partial charge >= 0.3 is 12.1 Å². The van der Waals surface area contributed by atoms with E-state index in [9.17, 15) is 14.4 Å². The van der Waals surface area contributed by atoms with Gasteiger partial charge in [-0.1, -0.05) is 121 Å². The maximum absolute atomic E-state index is 13.9. The first-order chi connectivity index (χ1) is 22.4. The molecule has 5 aromatic carbocycles. The molecular weight excluding hydrogens is 576 g/mol. The third-order valence-electron chi connectivity index (χ3n) is 8.37. The molecule has 7 nitrogen and oxygen atoms in total. The van der Waals surface area contributed by atoms with Crippen molar-refractivity contribution in [3.63, 3.8) is 0 Å². The number of carbonyl (C=O) groups excluding carboxylic acids is 3. The van der Waals surface area contributed by atoms with Crippen LogP contribution in [-0.2, 0) is 31.9 Å². The highest BCUT2D eigenvalue weighted by Crippen LogP contribution is 2.44. The number of amides is 2. The molecule has 0 saturated carbocycles. The second kappa shape index (κ2) is 14.1. The van der Waals surface area contributed by atoms with Gasteiger partial charge in [0.15, 0.2) is 0 Å². The van der Waals surface area contributed by atoms with Crippen LogP contribution in [0.5, 0.6) is 0 Å². The molecule has 2 atom stereocenters. The van der Waals surface area contributed by atoms with E-state index in [1.807, 2.05) is 97.1 Å². The number of hydrogen-bond donors (Lipinski definition) is 2. The zero-order valence-corrected chi connectivity index (χ0v) is 25.6. The Balaban J connectivity index is 1.20. The summed E-state index contributed by atoms with van der Waals surface area (Å²) in [6, 6.07) is 38.5. The number of ether oxygens (including phenoxy) is 2. The van der Waals surface area contributed by atoms with E-state index in [2.05, 4.69) is 34.9 Å². The Labute approximate surface area is 268 Å². The Morgan fingerprint density at radius 1 is 0.652 bits per heavy atom. The van der Waals surface area contributed by atoms with Crippen molar-refractivity contribution in [2.75, 3.05) is 13.2 Å². The summed E-state index contributed by atoms with van der Waals surface area (Å²) in [7, 11) is 0. The number of esters is 1. The quantitative estimate of drug-likeness (QED) is 0.164. The summed E-state index contributed by atoms with van der Waals surface area (Å²) in [6.07, 6.45) is 0.0161. The predicted molar refractivity (Wildman–Crippen MR) is 178 cm³/mol. The van der Waals surface area contributed by atoms with Gasteiger partial charge in [-0.3, -0.25) is 9.59 Å². The van der Waals surface area contributed by atoms with Gasteiger partial charge in [0, 0.05) is 19.3 Å². The number of fused-ring (bicyclic) bond motifs is 4. The molecule has 7 heteroatoms. The van der Waals surface area contributed by atoms with Gasteiger partial charge in [-0.15, -0.1) is 0 Å². The van der Waals surface area contributed by atoms with Crippen LogP contribution in [0.2, 0.25) is 0 Å². The third kappa shape index (κ3) is 7.26. The smallest absolute Gasteiger partial charge is 0.407 e. The average molecular weight is 613 g/mol. The lowest BCUT2D eigenvalue weighted by Crippen LogP contribution is -2.52. The molecule has 5 aromatic rings. The highest BCUT2D eigenvalue weighted by atomic mass is 16.5. The largest absolute Gasteiger partial charge is 0.464 e. The number of alkyl carbamates (subject to hydrolysis) is 1. The lowest BCUT2D eigenvalue weighted by molar-refractivity contribution is -0.142. The fourth-order valence-corrected chi connectivity index (χ4v) is 6.16. The maximum Gasteiger partial charge on any atom is 0.407 e. The molecule has 0 spiro atoms. The SMILES string of the molecule is CC(=O)OC[C@@H](Cc1ccccc1)NC(=O)[C@H](Cc1ccc2ccccc2c1)NC(=O)OCC1c2ccccc2-c2ccccc21. The van der Waals surface area contributed by atoms with Crippen molar-refractivity contribution in [3.8, 4) is 11.1 Å². The minimum Gasteiger partial charge on any atom is -0.464 e. The van der Waals surface area contributed by atoms with E-state index in [1.165, 1.54) is 6.92 Å². The van der Waals surface area contributed by atoms with Crippen LogP contribution in [0.1, 0.15) is 35.1 Å². The number of nitrogens with one attached hydrogen (secondary N) is 2. The van der Waals surface area contributed by atoms with Gasteiger partial charge in [0.25, 0.3) is 0 Å². The average Bonchev–Trinajstić information content (AvgIpc) is 3.40. The molecule has 0 radical (unpaired) electrons. The molecule has 2 N–H and O–H groups in total. The van der Waals surface area contributed by atoms with Crippen molar-refractivity contribution in [2.24, 2.45) is 0 Å². The van der Waals surface area contributed by atoms with Gasteiger partial charge in [0.2, 0.25) is 5.91 Å². The first-order valence-corrected chi connectivity index (χ1v) is 15.5. The molecule has 1 aliphatic carbocycles. The van der Waals surface area contributed by atoms with Gasteiger partial charge in [-0.2, -0.15) is 0 Å². The van der Waals surface area contributed by atoms with E-state index in [1.54, 1.807) is 0 Å². The van der Waals surface area contributed by atoms with Crippen molar-refractivity contribution in [3.05, 3.63) is 144 Å². The van der Waals surface area contributed by atoms with E-state index in [4.69, 9.17) is 9.47 Å². The predicted octanol–water partition coefficient (Wildman–Crippen LogP) is 6.58. The minimum atomic E-state index is -0.938. The number of rotatable bonds is 11. The van der Waals surface area contributed by atoms with Crippen LogP contribution in [0.25, 0.3) is 21.9 Å². The molecule has 0 unspecified atom stereocenters. The fraction of sp³-hybridized carbons (Fsp3) is 0.205. The van der Waals surface area contributed by atoms with Crippen molar-refractivity contribution >= 4 is 28.7 Å². The molecule has 0 saturated heterocycles. The van der Waals surface area contributed by atoms with Crippen molar-refractivity contribution < 1.29 is 23.9 Å². The molecular formula is C39H36N2O5. The van der Waals surface area contributed by atoms with Crippen LogP contribution in [0.15, 0.2) is 121 Å². The highest BCUT2D eigenvalue weighted by Gasteiger charge is 2.30. The maximum atomic E-state index is 13.9. The number of benzene rings is 5. The minimum absolute atomic E-state index is 0.00358. The Bertz CT molecular complexity index is 1810. The molecule has 0 bridgehead atoms. The fourth-order valence-electron chi connectivity index (χ4n) is 6.16. The highest BCUT2D eigenvalue weighted by molar-refractivity contribution is 5.87. The second-order valence-corrected chi connectivity index (χ2v) is 11.6. The Morgan fingerprint density at radius 3 is 1.98 bits per heavy atom. The van der Waals surface area contributed by atoms with Crippen LogP contribution >= 0.6 is 0 Å². The first-order valence-electron chi connectivity index (χ1n) is 15.5. The van der Waals surface area contributed by atoms with Crippen LogP contribution in [0, 0.1) is 0 Å². The van der Waals surface area contributed by atoms with E-state index >= 15 is 0 Å². The number of carbonyl (C=O) groups is 3. The molecule has 46 heavy (non-hydrogen) atoms. The molecule has 1 aliphatic rings. The van der Waals surface area contributed by atoms with E-state index < -0.39 is 30.1 Å². The van der Waals surface area contributed by atoms with Gasteiger partial charge in [0.1, 0.15) is 19.3 Å². The van der Waals surface area contributed by atoms with E-state index in [-0.39, 0.29) is 25.6 Å². The summed E-state index contributed by atoms with van der Waals surface area (Å²) in [5, 5.41) is 7.98. The summed E-state index contributed by atoms with van der Waals surface area (Å²) in [5.41, 5.74) is 6.36. The number of hydrogen-bond acceptors (Lipinski definition) is 5. The normalized spacial score (nSPS) is 13.2. The third-order valence-corrected chi connectivity index (χ3v) is 8.37. The van der Waals surface area contributed by atoms with Crippen LogP contribution in [0.4, 0.5) is 4.79 Å². The lowest BCUT2D eigenvalue weighted by atomic mass is 9.98. The first kappa shape index (κ1) is 30.6. The Hall–Kier alpha value is -5.43. The monoisotopic (exact) mass is 612 g/mol. The van der Waals surface area contributed by atoms with E-state index in [0.29, 0.717) is 6.42 Å². The van der Waals surface area contributed by atoms with Gasteiger partial charge < -0.3 is 20.1 Å². The van der Waals surface area contributed by atoms with Crippen LogP contribution in [-0.4, -0.2) is 43.3 Å². The van der Waals surface area contributed by atoms with Crippen LogP contribution in [0.3, 0.4) is 0 Å². The van der Waals surface area contributed by atoms with E-state index in [0.717, 1.165) is 44.2 Å². The molecule has 0 heterocycles. The van der Waals surface area contributed by atoms with Crippen molar-refractivity contribution in [1.29, 1.82) is 0 Å². The van der Waals surface area contributed by atoms with Gasteiger partial charge in [-0.05, 0) is 50.6 Å². The molecule has 0 fully saturated rings. The van der Waals surface area contributed by atoms with Crippen molar-refractivity contribution in [1.82, 2.24) is 10.6 Å². The Morgan fingerprint density at radius 2 is 1.28 bits per heavy atom. The standard InChI is InChI=1S/C39H36N2O5/c1-26(42)45-24-31(22-27-11-3-2-4-12-27)40-38(43)37(23-28-19-20-29-13-5-6-14-30(29)21-28)41-39(44)46-25-36-34-17-9-7-15-32(34)33-16-8-10-18-35(33)36/h2-21,31,36-37H,22-25H2,1H3,(H,40,43)(H,41,44)/t31-,37+/m1/s1. The summed E-state index contributed by atoms with van der Waals surface area (Å²) < 4.78 is 11.1. The zero-order chi connectivity index (χ0) is 31.9. The van der Waals surface area contributed by atoms with Gasteiger partial charge in [-0.25, -0.2) is 4.79 Å².